The molecule has 0 aliphatic rings. The average Bonchev–Trinajstić information content (AvgIpc) is 1.98. The van der Waals surface area contributed by atoms with E-state index in [4.69, 9.17) is 0 Å². The van der Waals surface area contributed by atoms with Crippen molar-refractivity contribution in [3.8, 4) is 0 Å². The van der Waals surface area contributed by atoms with Crippen molar-refractivity contribution in [3.63, 3.8) is 0 Å². The predicted octanol–water partition coefficient (Wildman–Crippen LogP) is 2.47. The molecule has 0 bridgehead atoms. The van der Waals surface area contributed by atoms with Crippen molar-refractivity contribution in [1.29, 1.82) is 0 Å². The van der Waals surface area contributed by atoms with Crippen LogP contribution < -0.4 is 0 Å². The summed E-state index contributed by atoms with van der Waals surface area (Å²) in [5, 5.41) is 3.18. The Morgan fingerprint density at radius 2 is 1.60 bits per heavy atom. The van der Waals surface area contributed by atoms with E-state index < -0.39 is 0 Å². The first kappa shape index (κ1) is 10.6. The first-order valence-corrected chi connectivity index (χ1v) is 3.47. The largest absolute Gasteiger partial charge is 0.300 e. The van der Waals surface area contributed by atoms with E-state index in [0.29, 0.717) is 0 Å². The van der Waals surface area contributed by atoms with E-state index in [1.165, 1.54) is 16.0 Å². The van der Waals surface area contributed by atoms with Gasteiger partial charge in [-0.1, -0.05) is 20.8 Å². The predicted molar refractivity (Wildman–Crippen MR) is 37.4 cm³/mol. The standard InChI is InChI=1S/C7H9S.2Rf/c1-5-4-8-7(3)6(5)2;;/h1-3H3;;/q-1;;. The number of hydrogen-bond donors (Lipinski definition) is 0. The molecule has 1 heterocycles. The number of aryl methyl sites for hydroxylation is 2. The molecule has 10 heavy (non-hydrogen) atoms. The zero-order valence-electron chi connectivity index (χ0n) is 6.82. The SMILES string of the molecule is Cc1[c-]sc(C)c1C.[Rf].[Rf]. The van der Waals surface area contributed by atoms with Crippen LogP contribution in [0, 0.1) is 26.2 Å². The van der Waals surface area contributed by atoms with E-state index in [0.717, 1.165) is 0 Å². The fourth-order valence-corrected chi connectivity index (χ4v) is 1.34. The third-order valence-electron chi connectivity index (χ3n) is 1.45. The molecule has 48 valence electrons. The Bertz CT molecular complexity index is 174. The summed E-state index contributed by atoms with van der Waals surface area (Å²) in [6.45, 7) is 6.36. The second kappa shape index (κ2) is 2.88. The summed E-state index contributed by atoms with van der Waals surface area (Å²) in [4.78, 5) is 1.39. The van der Waals surface area contributed by atoms with Crippen LogP contribution in [0.25, 0.3) is 0 Å². The summed E-state index contributed by atoms with van der Waals surface area (Å²) < 4.78 is 0. The van der Waals surface area contributed by atoms with Gasteiger partial charge in [0.15, 0.2) is 0 Å². The summed E-state index contributed by atoms with van der Waals surface area (Å²) in [7, 11) is 0. The monoisotopic (exact) mass is 659 g/mol. The minimum absolute atomic E-state index is 0. The Kier molecular flexibility index (Phi) is 3.06. The van der Waals surface area contributed by atoms with Crippen LogP contribution in [0.3, 0.4) is 0 Å². The Balaban J connectivity index is 0. The first-order valence-electron chi connectivity index (χ1n) is 2.66. The smallest absolute Gasteiger partial charge is 0 e. The molecule has 0 saturated carbocycles. The second-order valence-corrected chi connectivity index (χ2v) is 3.03. The zero-order valence-corrected chi connectivity index (χ0v) is 20.4. The third kappa shape index (κ3) is 1.10. The van der Waals surface area contributed by atoms with Crippen LogP contribution >= 0.6 is 11.3 Å². The fraction of sp³-hybridized carbons (Fsp3) is 0.429. The summed E-state index contributed by atoms with van der Waals surface area (Å²) >= 11 is 1.71. The van der Waals surface area contributed by atoms with Crippen LogP contribution in [0.1, 0.15) is 16.0 Å². The van der Waals surface area contributed by atoms with Gasteiger partial charge in [0.05, 0.1) is 0 Å². The summed E-state index contributed by atoms with van der Waals surface area (Å²) in [5.74, 6) is 0. The Hall–Kier alpha value is -2.30. The van der Waals surface area contributed by atoms with Crippen molar-refractivity contribution >= 4 is 11.3 Å². The van der Waals surface area contributed by atoms with Crippen LogP contribution in [0.5, 0.6) is 0 Å². The average molecular weight is 659 g/mol. The quantitative estimate of drug-likeness (QED) is 0.376. The zero-order chi connectivity index (χ0) is 6.15. The number of rotatable bonds is 0. The molecule has 1 aromatic heterocycles. The molecule has 3 heteroatoms. The van der Waals surface area contributed by atoms with Gasteiger partial charge in [0, 0.05) is 0 Å². The van der Waals surface area contributed by atoms with Gasteiger partial charge < -0.3 is 11.3 Å². The van der Waals surface area contributed by atoms with Crippen molar-refractivity contribution in [2.24, 2.45) is 0 Å². The van der Waals surface area contributed by atoms with Crippen LogP contribution in [0.4, 0.5) is 0 Å². The Labute approximate surface area is 54.2 Å². The maximum atomic E-state index is 3.18. The normalized spacial score (nSPS) is 7.90. The van der Waals surface area contributed by atoms with E-state index >= 15 is 0 Å². The van der Waals surface area contributed by atoms with Crippen molar-refractivity contribution in [2.75, 3.05) is 0 Å². The van der Waals surface area contributed by atoms with Gasteiger partial charge in [-0.15, -0.1) is 10.3 Å². The molecule has 0 aromatic carbocycles. The van der Waals surface area contributed by atoms with Crippen LogP contribution in [0.15, 0.2) is 0 Å². The van der Waals surface area contributed by atoms with E-state index in [1.54, 1.807) is 11.3 Å². The molecular formula is C7H9Rf2S-. The molecule has 0 atom stereocenters. The maximum absolute atomic E-state index is 3.18. The number of hydrogen-bond acceptors (Lipinski definition) is 1. The molecule has 0 saturated heterocycles. The summed E-state index contributed by atoms with van der Waals surface area (Å²) in [6.07, 6.45) is 0. The molecule has 0 aliphatic heterocycles. The molecule has 0 spiro atoms. The minimum atomic E-state index is 0. The topological polar surface area (TPSA) is 0 Å². The third-order valence-corrected chi connectivity index (χ3v) is 2.47. The van der Waals surface area contributed by atoms with E-state index in [2.05, 4.69) is 26.2 Å². The van der Waals surface area contributed by atoms with E-state index in [1.807, 2.05) is 0 Å². The van der Waals surface area contributed by atoms with Crippen LogP contribution in [0.2, 0.25) is 0 Å². The first-order chi connectivity index (χ1) is 3.72. The van der Waals surface area contributed by atoms with Gasteiger partial charge in [-0.25, -0.2) is 0 Å². The molecule has 1 aromatic rings. The van der Waals surface area contributed by atoms with Crippen molar-refractivity contribution in [3.05, 3.63) is 21.4 Å². The van der Waals surface area contributed by atoms with E-state index in [-0.39, 0.29) is 0 Å². The summed E-state index contributed by atoms with van der Waals surface area (Å²) in [6, 6.07) is 0. The second-order valence-electron chi connectivity index (χ2n) is 2.01. The van der Waals surface area contributed by atoms with Gasteiger partial charge in [-0.3, -0.25) is 0 Å². The van der Waals surface area contributed by atoms with Gasteiger partial charge in [0.2, 0.25) is 0 Å². The van der Waals surface area contributed by atoms with Gasteiger partial charge in [-0.05, 0) is 0 Å². The molecule has 0 nitrogen and oxygen atoms in total. The number of thiophene rings is 1. The van der Waals surface area contributed by atoms with Gasteiger partial charge >= 0.3 is 0 Å². The molecule has 0 aliphatic carbocycles. The molecule has 1 rings (SSSR count). The van der Waals surface area contributed by atoms with Gasteiger partial charge in [-0.2, -0.15) is 11.1 Å². The maximum Gasteiger partial charge on any atom is 0 e. The molecule has 0 N–H and O–H groups in total. The van der Waals surface area contributed by atoms with Crippen LogP contribution in [-0.4, -0.2) is 0 Å². The van der Waals surface area contributed by atoms with Crippen molar-refractivity contribution in [2.45, 2.75) is 20.8 Å². The Morgan fingerprint density at radius 3 is 1.70 bits per heavy atom. The van der Waals surface area contributed by atoms with Crippen molar-refractivity contribution < 1.29 is 0 Å². The molecular weight excluding hydrogens is 650 g/mol. The Morgan fingerprint density at radius 1 is 1.10 bits per heavy atom. The van der Waals surface area contributed by atoms with Crippen LogP contribution in [-0.2, 0) is 0 Å². The van der Waals surface area contributed by atoms with Gasteiger partial charge in [0.25, 0.3) is 0 Å². The minimum Gasteiger partial charge on any atom is -0.300 e. The molecule has 0 amide bonds. The fourth-order valence-electron chi connectivity index (χ4n) is 0.570. The molecule has 0 radical (unpaired) electrons. The summed E-state index contributed by atoms with van der Waals surface area (Å²) in [5.41, 5.74) is 2.70. The molecule has 0 unspecified atom stereocenters. The van der Waals surface area contributed by atoms with E-state index in [9.17, 15) is 0 Å². The van der Waals surface area contributed by atoms with Gasteiger partial charge in [0.1, 0.15) is 0 Å². The van der Waals surface area contributed by atoms with Crippen molar-refractivity contribution in [1.82, 2.24) is 0 Å². The molecule has 0 fully saturated rings.